The van der Waals surface area contributed by atoms with Gasteiger partial charge in [-0.25, -0.2) is 0 Å². The second kappa shape index (κ2) is 4.16. The topological polar surface area (TPSA) is 71.3 Å². The quantitative estimate of drug-likeness (QED) is 0.734. The summed E-state index contributed by atoms with van der Waals surface area (Å²) in [6.07, 6.45) is 0. The maximum Gasteiger partial charge on any atom is 0.267 e. The molecule has 1 rings (SSSR count). The average Bonchev–Trinajstić information content (AvgIpc) is 2.17. The Labute approximate surface area is 87.4 Å². The summed E-state index contributed by atoms with van der Waals surface area (Å²) in [7, 11) is 1.41. The second-order valence-electron chi connectivity index (χ2n) is 3.17. The third kappa shape index (κ3) is 1.86. The molecule has 0 aromatic carbocycles. The summed E-state index contributed by atoms with van der Waals surface area (Å²) in [6, 6.07) is 1.41. The first-order valence-electron chi connectivity index (χ1n) is 4.68. The van der Waals surface area contributed by atoms with Crippen molar-refractivity contribution in [3.05, 3.63) is 27.7 Å². The standard InChI is InChI=1S/C10H14N2O3/c1-4-12-6(2)5-7(13)8(10(12)15)9(14)11-3/h5,13H,4H2,1-3H3,(H,11,14). The van der Waals surface area contributed by atoms with Gasteiger partial charge in [0.1, 0.15) is 11.3 Å². The average molecular weight is 210 g/mol. The van der Waals surface area contributed by atoms with E-state index in [1.54, 1.807) is 13.8 Å². The molecule has 0 bridgehead atoms. The fraction of sp³-hybridized carbons (Fsp3) is 0.400. The molecule has 0 fully saturated rings. The van der Waals surface area contributed by atoms with E-state index >= 15 is 0 Å². The Bertz CT molecular complexity index is 449. The van der Waals surface area contributed by atoms with Crippen LogP contribution in [0.15, 0.2) is 10.9 Å². The Hall–Kier alpha value is -1.78. The first-order chi connectivity index (χ1) is 7.02. The third-order valence-electron chi connectivity index (χ3n) is 2.26. The predicted octanol–water partition coefficient (Wildman–Crippen LogP) is 0.242. The van der Waals surface area contributed by atoms with Crippen LogP contribution in [-0.4, -0.2) is 22.6 Å². The molecule has 15 heavy (non-hydrogen) atoms. The zero-order chi connectivity index (χ0) is 11.6. The molecule has 5 heteroatoms. The van der Waals surface area contributed by atoms with Gasteiger partial charge in [0.25, 0.3) is 11.5 Å². The lowest BCUT2D eigenvalue weighted by Crippen LogP contribution is -2.32. The van der Waals surface area contributed by atoms with Crippen LogP contribution in [0.3, 0.4) is 0 Å². The summed E-state index contributed by atoms with van der Waals surface area (Å²) in [5, 5.41) is 11.8. The molecule has 1 aromatic rings. The second-order valence-corrected chi connectivity index (χ2v) is 3.17. The third-order valence-corrected chi connectivity index (χ3v) is 2.26. The molecule has 0 aliphatic heterocycles. The molecule has 82 valence electrons. The van der Waals surface area contributed by atoms with E-state index in [-0.39, 0.29) is 11.3 Å². The van der Waals surface area contributed by atoms with Crippen LogP contribution in [0.5, 0.6) is 5.75 Å². The smallest absolute Gasteiger partial charge is 0.267 e. The molecular weight excluding hydrogens is 196 g/mol. The zero-order valence-electron chi connectivity index (χ0n) is 9.00. The molecule has 1 amide bonds. The summed E-state index contributed by atoms with van der Waals surface area (Å²) < 4.78 is 1.43. The molecule has 0 saturated carbocycles. The van der Waals surface area contributed by atoms with Crippen molar-refractivity contribution in [1.29, 1.82) is 0 Å². The highest BCUT2D eigenvalue weighted by molar-refractivity contribution is 5.96. The monoisotopic (exact) mass is 210 g/mol. The SMILES string of the molecule is CCn1c(C)cc(O)c(C(=O)NC)c1=O. The Morgan fingerprint density at radius 1 is 1.60 bits per heavy atom. The van der Waals surface area contributed by atoms with Gasteiger partial charge in [-0.05, 0) is 13.8 Å². The number of carbonyl (C=O) groups excluding carboxylic acids is 1. The predicted molar refractivity (Wildman–Crippen MR) is 56.2 cm³/mol. The van der Waals surface area contributed by atoms with Gasteiger partial charge in [0.15, 0.2) is 0 Å². The van der Waals surface area contributed by atoms with E-state index in [1.165, 1.54) is 17.7 Å². The maximum absolute atomic E-state index is 11.8. The summed E-state index contributed by atoms with van der Waals surface area (Å²) in [5.74, 6) is -0.846. The van der Waals surface area contributed by atoms with Crippen molar-refractivity contribution in [2.75, 3.05) is 7.05 Å². The lowest BCUT2D eigenvalue weighted by atomic mass is 10.2. The lowest BCUT2D eigenvalue weighted by molar-refractivity contribution is 0.0958. The van der Waals surface area contributed by atoms with Crippen molar-refractivity contribution in [2.45, 2.75) is 20.4 Å². The largest absolute Gasteiger partial charge is 0.507 e. The highest BCUT2D eigenvalue weighted by Crippen LogP contribution is 2.14. The molecule has 0 unspecified atom stereocenters. The number of aryl methyl sites for hydroxylation is 1. The molecule has 0 atom stereocenters. The van der Waals surface area contributed by atoms with E-state index in [9.17, 15) is 14.7 Å². The zero-order valence-corrected chi connectivity index (χ0v) is 9.00. The number of nitrogens with zero attached hydrogens (tertiary/aromatic N) is 1. The molecule has 5 nitrogen and oxygen atoms in total. The fourth-order valence-electron chi connectivity index (χ4n) is 1.48. The van der Waals surface area contributed by atoms with E-state index in [0.29, 0.717) is 12.2 Å². The highest BCUT2D eigenvalue weighted by Gasteiger charge is 2.17. The minimum atomic E-state index is -0.570. The summed E-state index contributed by atoms with van der Waals surface area (Å²) in [4.78, 5) is 23.1. The van der Waals surface area contributed by atoms with Gasteiger partial charge in [-0.2, -0.15) is 0 Å². The van der Waals surface area contributed by atoms with Gasteiger partial charge in [-0.3, -0.25) is 9.59 Å². The number of aromatic hydroxyl groups is 1. The number of pyridine rings is 1. The molecule has 1 heterocycles. The van der Waals surface area contributed by atoms with Gasteiger partial charge >= 0.3 is 0 Å². The number of aromatic nitrogens is 1. The van der Waals surface area contributed by atoms with Crippen LogP contribution in [0, 0.1) is 6.92 Å². The number of hydrogen-bond acceptors (Lipinski definition) is 3. The Morgan fingerprint density at radius 3 is 2.67 bits per heavy atom. The normalized spacial score (nSPS) is 10.1. The van der Waals surface area contributed by atoms with E-state index < -0.39 is 11.5 Å². The van der Waals surface area contributed by atoms with Crippen LogP contribution >= 0.6 is 0 Å². The summed E-state index contributed by atoms with van der Waals surface area (Å²) in [5.41, 5.74) is -0.0352. The Balaban J connectivity index is 3.53. The number of amides is 1. The van der Waals surface area contributed by atoms with Crippen LogP contribution in [0.1, 0.15) is 23.0 Å². The van der Waals surface area contributed by atoms with Crippen molar-refractivity contribution in [3.8, 4) is 5.75 Å². The molecule has 0 aliphatic rings. The molecular formula is C10H14N2O3. The first-order valence-corrected chi connectivity index (χ1v) is 4.68. The summed E-state index contributed by atoms with van der Waals surface area (Å²) in [6.45, 7) is 3.98. The van der Waals surface area contributed by atoms with Crippen LogP contribution in [-0.2, 0) is 6.54 Å². The van der Waals surface area contributed by atoms with E-state index in [1.807, 2.05) is 0 Å². The first kappa shape index (κ1) is 11.3. The van der Waals surface area contributed by atoms with E-state index in [0.717, 1.165) is 0 Å². The van der Waals surface area contributed by atoms with Crippen molar-refractivity contribution in [3.63, 3.8) is 0 Å². The van der Waals surface area contributed by atoms with Gasteiger partial charge in [0.2, 0.25) is 0 Å². The van der Waals surface area contributed by atoms with Crippen LogP contribution in [0.25, 0.3) is 0 Å². The molecule has 0 aliphatic carbocycles. The Morgan fingerprint density at radius 2 is 2.20 bits per heavy atom. The Kier molecular flexibility index (Phi) is 3.14. The van der Waals surface area contributed by atoms with Crippen LogP contribution in [0.2, 0.25) is 0 Å². The number of nitrogens with one attached hydrogen (secondary N) is 1. The van der Waals surface area contributed by atoms with Crippen molar-refractivity contribution in [2.24, 2.45) is 0 Å². The van der Waals surface area contributed by atoms with Crippen LogP contribution in [0.4, 0.5) is 0 Å². The van der Waals surface area contributed by atoms with Crippen LogP contribution < -0.4 is 10.9 Å². The van der Waals surface area contributed by atoms with E-state index in [4.69, 9.17) is 0 Å². The number of carbonyl (C=O) groups is 1. The summed E-state index contributed by atoms with van der Waals surface area (Å²) >= 11 is 0. The molecule has 2 N–H and O–H groups in total. The fourth-order valence-corrected chi connectivity index (χ4v) is 1.48. The highest BCUT2D eigenvalue weighted by atomic mass is 16.3. The minimum Gasteiger partial charge on any atom is -0.507 e. The van der Waals surface area contributed by atoms with Crippen molar-refractivity contribution < 1.29 is 9.90 Å². The van der Waals surface area contributed by atoms with Gasteiger partial charge in [0.05, 0.1) is 0 Å². The maximum atomic E-state index is 11.8. The van der Waals surface area contributed by atoms with Crippen molar-refractivity contribution in [1.82, 2.24) is 9.88 Å². The minimum absolute atomic E-state index is 0.204. The molecule has 1 aromatic heterocycles. The van der Waals surface area contributed by atoms with Gasteiger partial charge in [-0.1, -0.05) is 0 Å². The molecule has 0 spiro atoms. The number of hydrogen-bond donors (Lipinski definition) is 2. The number of rotatable bonds is 2. The lowest BCUT2D eigenvalue weighted by Gasteiger charge is -2.10. The van der Waals surface area contributed by atoms with Gasteiger partial charge in [0, 0.05) is 25.4 Å². The molecule has 0 saturated heterocycles. The van der Waals surface area contributed by atoms with Crippen molar-refractivity contribution >= 4 is 5.91 Å². The van der Waals surface area contributed by atoms with E-state index in [2.05, 4.69) is 5.32 Å². The molecule has 0 radical (unpaired) electrons. The van der Waals surface area contributed by atoms with Gasteiger partial charge < -0.3 is 15.0 Å². The van der Waals surface area contributed by atoms with Gasteiger partial charge in [-0.15, -0.1) is 0 Å².